The van der Waals surface area contributed by atoms with Crippen LogP contribution in [0.2, 0.25) is 0 Å². The number of nitrogens with two attached hydrogens (primary N) is 1. The summed E-state index contributed by atoms with van der Waals surface area (Å²) in [5.74, 6) is 0.442. The van der Waals surface area contributed by atoms with E-state index in [0.29, 0.717) is 5.91 Å². The summed E-state index contributed by atoms with van der Waals surface area (Å²) in [7, 11) is 0. The van der Waals surface area contributed by atoms with Crippen molar-refractivity contribution in [2.75, 3.05) is 6.54 Å². The molecule has 5 heteroatoms. The number of amides is 1. The van der Waals surface area contributed by atoms with Gasteiger partial charge in [0.2, 0.25) is 5.91 Å². The second-order valence-electron chi connectivity index (χ2n) is 6.20. The molecule has 2 fully saturated rings. The van der Waals surface area contributed by atoms with Gasteiger partial charge in [-0.2, -0.15) is 5.10 Å². The van der Waals surface area contributed by atoms with Gasteiger partial charge in [0.05, 0.1) is 12.2 Å². The Morgan fingerprint density at radius 3 is 2.95 bits per heavy atom. The zero-order chi connectivity index (χ0) is 13.9. The molecule has 1 aliphatic carbocycles. The van der Waals surface area contributed by atoms with Gasteiger partial charge in [-0.1, -0.05) is 6.42 Å². The Morgan fingerprint density at radius 2 is 2.20 bits per heavy atom. The fourth-order valence-electron chi connectivity index (χ4n) is 3.67. The monoisotopic (exact) mass is 276 g/mol. The summed E-state index contributed by atoms with van der Waals surface area (Å²) >= 11 is 0. The fraction of sp³-hybridized carbons (Fsp3) is 0.733. The molecule has 2 heterocycles. The van der Waals surface area contributed by atoms with Gasteiger partial charge in [0.15, 0.2) is 0 Å². The van der Waals surface area contributed by atoms with Gasteiger partial charge in [-0.05, 0) is 38.5 Å². The number of H-pyrrole nitrogens is 1. The number of likely N-dealkylation sites (tertiary alicyclic amines) is 1. The molecule has 5 nitrogen and oxygen atoms in total. The summed E-state index contributed by atoms with van der Waals surface area (Å²) in [6, 6.07) is 0.406. The molecule has 1 aliphatic heterocycles. The number of piperidine rings is 1. The first-order chi connectivity index (χ1) is 9.75. The smallest absolute Gasteiger partial charge is 0.226 e. The van der Waals surface area contributed by atoms with Crippen molar-refractivity contribution < 1.29 is 4.79 Å². The second kappa shape index (κ2) is 5.95. The molecule has 110 valence electrons. The van der Waals surface area contributed by atoms with Crippen LogP contribution in [0, 0.1) is 5.92 Å². The number of nitrogens with zero attached hydrogens (tertiary/aromatic N) is 2. The number of hydrogen-bond acceptors (Lipinski definition) is 3. The van der Waals surface area contributed by atoms with Crippen LogP contribution in [-0.2, 0) is 4.79 Å². The zero-order valence-electron chi connectivity index (χ0n) is 11.9. The van der Waals surface area contributed by atoms with Gasteiger partial charge in [-0.3, -0.25) is 9.89 Å². The minimum absolute atomic E-state index is 0.131. The molecule has 3 unspecified atom stereocenters. The predicted octanol–water partition coefficient (Wildman–Crippen LogP) is 1.98. The second-order valence-corrected chi connectivity index (χ2v) is 6.20. The van der Waals surface area contributed by atoms with E-state index in [1.807, 2.05) is 12.4 Å². The van der Waals surface area contributed by atoms with Crippen molar-refractivity contribution in [3.05, 3.63) is 18.0 Å². The maximum absolute atomic E-state index is 12.8. The highest BCUT2D eigenvalue weighted by Gasteiger charge is 2.34. The minimum atomic E-state index is 0.131. The highest BCUT2D eigenvalue weighted by atomic mass is 16.2. The van der Waals surface area contributed by atoms with E-state index in [1.54, 1.807) is 0 Å². The Labute approximate surface area is 119 Å². The van der Waals surface area contributed by atoms with Gasteiger partial charge in [0.25, 0.3) is 0 Å². The molecule has 1 saturated carbocycles. The van der Waals surface area contributed by atoms with E-state index < -0.39 is 0 Å². The van der Waals surface area contributed by atoms with Crippen LogP contribution in [0.4, 0.5) is 0 Å². The Morgan fingerprint density at radius 1 is 1.30 bits per heavy atom. The third kappa shape index (κ3) is 2.73. The molecular weight excluding hydrogens is 252 g/mol. The van der Waals surface area contributed by atoms with E-state index in [4.69, 9.17) is 5.73 Å². The third-order valence-electron chi connectivity index (χ3n) is 4.75. The molecule has 3 rings (SSSR count). The van der Waals surface area contributed by atoms with Crippen LogP contribution in [0.25, 0.3) is 0 Å². The number of aromatic amines is 1. The quantitative estimate of drug-likeness (QED) is 0.867. The number of hydrogen-bond donors (Lipinski definition) is 2. The van der Waals surface area contributed by atoms with Crippen LogP contribution in [0.3, 0.4) is 0 Å². The highest BCUT2D eigenvalue weighted by molar-refractivity contribution is 5.79. The van der Waals surface area contributed by atoms with Crippen LogP contribution in [0.5, 0.6) is 0 Å². The topological polar surface area (TPSA) is 75.0 Å². The largest absolute Gasteiger partial charge is 0.335 e. The third-order valence-corrected chi connectivity index (χ3v) is 4.75. The van der Waals surface area contributed by atoms with E-state index in [1.165, 1.54) is 6.42 Å². The number of rotatable bonds is 2. The maximum atomic E-state index is 12.8. The molecule has 0 radical (unpaired) electrons. The average Bonchev–Trinajstić information content (AvgIpc) is 3.00. The van der Waals surface area contributed by atoms with E-state index in [0.717, 1.165) is 50.6 Å². The number of nitrogens with one attached hydrogen (secondary N) is 1. The zero-order valence-corrected chi connectivity index (χ0v) is 11.9. The highest BCUT2D eigenvalue weighted by Crippen LogP contribution is 2.34. The van der Waals surface area contributed by atoms with E-state index in [-0.39, 0.29) is 18.0 Å². The molecule has 1 saturated heterocycles. The van der Waals surface area contributed by atoms with Crippen LogP contribution in [-0.4, -0.2) is 33.6 Å². The first-order valence-electron chi connectivity index (χ1n) is 7.80. The number of carbonyl (C=O) groups excluding carboxylic acids is 1. The van der Waals surface area contributed by atoms with Crippen molar-refractivity contribution >= 4 is 5.91 Å². The summed E-state index contributed by atoms with van der Waals surface area (Å²) in [6.45, 7) is 0.875. The minimum Gasteiger partial charge on any atom is -0.335 e. The molecule has 1 amide bonds. The maximum Gasteiger partial charge on any atom is 0.226 e. The molecule has 1 aromatic heterocycles. The van der Waals surface area contributed by atoms with Crippen molar-refractivity contribution in [2.45, 2.75) is 57.0 Å². The van der Waals surface area contributed by atoms with Crippen LogP contribution >= 0.6 is 0 Å². The van der Waals surface area contributed by atoms with E-state index in [9.17, 15) is 4.79 Å². The lowest BCUT2D eigenvalue weighted by Crippen LogP contribution is -2.44. The molecule has 3 atom stereocenters. The SMILES string of the molecule is NC1CCCC(C(=O)N2CCCCC2c2cn[nH]c2)C1. The van der Waals surface area contributed by atoms with Gasteiger partial charge in [0.1, 0.15) is 0 Å². The molecular formula is C15H24N4O. The summed E-state index contributed by atoms with van der Waals surface area (Å²) in [5.41, 5.74) is 7.17. The lowest BCUT2D eigenvalue weighted by molar-refractivity contribution is -0.140. The van der Waals surface area contributed by atoms with Crippen molar-refractivity contribution in [1.29, 1.82) is 0 Å². The lowest BCUT2D eigenvalue weighted by atomic mass is 9.84. The van der Waals surface area contributed by atoms with Gasteiger partial charge in [0, 0.05) is 30.3 Å². The molecule has 0 aromatic carbocycles. The first-order valence-corrected chi connectivity index (χ1v) is 7.80. The van der Waals surface area contributed by atoms with Crippen molar-refractivity contribution in [1.82, 2.24) is 15.1 Å². The molecule has 0 bridgehead atoms. The summed E-state index contributed by atoms with van der Waals surface area (Å²) in [5, 5.41) is 6.90. The number of aromatic nitrogens is 2. The first kappa shape index (κ1) is 13.6. The van der Waals surface area contributed by atoms with E-state index in [2.05, 4.69) is 15.1 Å². The molecule has 1 aromatic rings. The summed E-state index contributed by atoms with van der Waals surface area (Å²) in [4.78, 5) is 14.9. The summed E-state index contributed by atoms with van der Waals surface area (Å²) in [6.07, 6.45) is 11.1. The van der Waals surface area contributed by atoms with Crippen molar-refractivity contribution in [3.63, 3.8) is 0 Å². The Balaban J connectivity index is 1.74. The van der Waals surface area contributed by atoms with Crippen molar-refractivity contribution in [3.8, 4) is 0 Å². The van der Waals surface area contributed by atoms with Crippen LogP contribution in [0.1, 0.15) is 56.6 Å². The van der Waals surface area contributed by atoms with Crippen LogP contribution in [0.15, 0.2) is 12.4 Å². The normalized spacial score (nSPS) is 31.2. The Hall–Kier alpha value is -1.36. The fourth-order valence-corrected chi connectivity index (χ4v) is 3.67. The molecule has 3 N–H and O–H groups in total. The average molecular weight is 276 g/mol. The van der Waals surface area contributed by atoms with Gasteiger partial charge in [-0.25, -0.2) is 0 Å². The van der Waals surface area contributed by atoms with E-state index >= 15 is 0 Å². The Bertz CT molecular complexity index is 445. The van der Waals surface area contributed by atoms with Crippen molar-refractivity contribution in [2.24, 2.45) is 11.7 Å². The number of carbonyl (C=O) groups is 1. The lowest BCUT2D eigenvalue weighted by Gasteiger charge is -2.39. The standard InChI is InChI=1S/C15H24N4O/c16-13-5-3-4-11(8-13)15(20)19-7-2-1-6-14(19)12-9-17-18-10-12/h9-11,13-14H,1-8,16H2,(H,17,18). The molecule has 20 heavy (non-hydrogen) atoms. The van der Waals surface area contributed by atoms with Gasteiger partial charge < -0.3 is 10.6 Å². The van der Waals surface area contributed by atoms with Gasteiger partial charge >= 0.3 is 0 Å². The Kier molecular flexibility index (Phi) is 4.05. The van der Waals surface area contributed by atoms with Gasteiger partial charge in [-0.15, -0.1) is 0 Å². The molecule has 0 spiro atoms. The predicted molar refractivity (Wildman–Crippen MR) is 76.8 cm³/mol. The molecule has 2 aliphatic rings. The summed E-state index contributed by atoms with van der Waals surface area (Å²) < 4.78 is 0. The van der Waals surface area contributed by atoms with Crippen LogP contribution < -0.4 is 5.73 Å².